The van der Waals surface area contributed by atoms with Crippen molar-refractivity contribution in [1.82, 2.24) is 14.5 Å². The maximum absolute atomic E-state index is 14.0. The van der Waals surface area contributed by atoms with E-state index in [0.717, 1.165) is 10.4 Å². The van der Waals surface area contributed by atoms with Gasteiger partial charge in [-0.1, -0.05) is 36.7 Å². The molecule has 0 aliphatic heterocycles. The molecule has 0 aliphatic rings. The topological polar surface area (TPSA) is 76.3 Å². The van der Waals surface area contributed by atoms with Crippen LogP contribution in [0.1, 0.15) is 45.5 Å². The highest BCUT2D eigenvalue weighted by Crippen LogP contribution is 2.29. The molecule has 0 spiro atoms. The first kappa shape index (κ1) is 19.0. The third-order valence-electron chi connectivity index (χ3n) is 3.54. The molecule has 0 bridgehead atoms. The third kappa shape index (κ3) is 3.68. The molecule has 24 heavy (non-hydrogen) atoms. The van der Waals surface area contributed by atoms with Crippen LogP contribution >= 0.6 is 15.9 Å². The van der Waals surface area contributed by atoms with Crippen LogP contribution in [0, 0.1) is 5.82 Å². The zero-order valence-electron chi connectivity index (χ0n) is 14.0. The smallest absolute Gasteiger partial charge is 0.246 e. The number of sulfonamides is 1. The molecular weight excluding hydrogens is 401 g/mol. The number of aromatic nitrogens is 2. The van der Waals surface area contributed by atoms with E-state index in [1.807, 2.05) is 20.8 Å². The van der Waals surface area contributed by atoms with E-state index in [0.29, 0.717) is 10.4 Å². The van der Waals surface area contributed by atoms with E-state index in [1.54, 1.807) is 6.92 Å². The summed E-state index contributed by atoms with van der Waals surface area (Å²) in [6, 6.07) is 3.06. The highest BCUT2D eigenvalue weighted by Gasteiger charge is 2.32. The molecule has 132 valence electrons. The summed E-state index contributed by atoms with van der Waals surface area (Å²) < 4.78 is 46.4. The summed E-state index contributed by atoms with van der Waals surface area (Å²) in [6.45, 7) is 7.33. The number of rotatable bonds is 4. The van der Waals surface area contributed by atoms with Crippen molar-refractivity contribution in [2.75, 3.05) is 7.05 Å². The van der Waals surface area contributed by atoms with Crippen molar-refractivity contribution < 1.29 is 17.2 Å². The lowest BCUT2D eigenvalue weighted by Gasteiger charge is -2.22. The molecule has 2 rings (SSSR count). The zero-order valence-corrected chi connectivity index (χ0v) is 16.4. The van der Waals surface area contributed by atoms with E-state index in [9.17, 15) is 12.8 Å². The van der Waals surface area contributed by atoms with Gasteiger partial charge in [0, 0.05) is 16.9 Å². The summed E-state index contributed by atoms with van der Waals surface area (Å²) in [5, 5.41) is 7.88. The Hall–Kier alpha value is -1.32. The quantitative estimate of drug-likeness (QED) is 0.755. The second-order valence-corrected chi connectivity index (χ2v) is 9.35. The summed E-state index contributed by atoms with van der Waals surface area (Å²) in [7, 11) is -2.70. The van der Waals surface area contributed by atoms with Gasteiger partial charge in [-0.2, -0.15) is 4.31 Å². The van der Waals surface area contributed by atoms with Crippen LogP contribution in [-0.4, -0.2) is 30.0 Å². The first-order chi connectivity index (χ1) is 10.9. The number of halogens is 2. The number of benzene rings is 1. The lowest BCUT2D eigenvalue weighted by Crippen LogP contribution is -2.30. The van der Waals surface area contributed by atoms with Crippen molar-refractivity contribution in [3.05, 3.63) is 40.3 Å². The van der Waals surface area contributed by atoms with Gasteiger partial charge in [0.05, 0.1) is 0 Å². The molecule has 1 unspecified atom stereocenters. The average Bonchev–Trinajstić information content (AvgIpc) is 2.95. The normalized spacial score (nSPS) is 14.2. The summed E-state index contributed by atoms with van der Waals surface area (Å²) in [4.78, 5) is -0.407. The summed E-state index contributed by atoms with van der Waals surface area (Å²) >= 11 is 3.11. The summed E-state index contributed by atoms with van der Waals surface area (Å²) in [5.41, 5.74) is -0.347. The van der Waals surface area contributed by atoms with Gasteiger partial charge in [0.2, 0.25) is 21.8 Å². The van der Waals surface area contributed by atoms with Crippen LogP contribution in [0.5, 0.6) is 0 Å². The molecule has 2 aromatic rings. The van der Waals surface area contributed by atoms with Crippen LogP contribution in [0.25, 0.3) is 0 Å². The van der Waals surface area contributed by atoms with Gasteiger partial charge < -0.3 is 4.42 Å². The van der Waals surface area contributed by atoms with Gasteiger partial charge in [0.1, 0.15) is 16.8 Å². The van der Waals surface area contributed by atoms with Gasteiger partial charge in [0.15, 0.2) is 0 Å². The van der Waals surface area contributed by atoms with Gasteiger partial charge in [-0.25, -0.2) is 12.8 Å². The monoisotopic (exact) mass is 419 g/mol. The van der Waals surface area contributed by atoms with E-state index >= 15 is 0 Å². The maximum Gasteiger partial charge on any atom is 0.246 e. The molecule has 0 saturated carbocycles. The molecule has 1 aromatic carbocycles. The number of hydrogen-bond donors (Lipinski definition) is 0. The lowest BCUT2D eigenvalue weighted by atomic mass is 9.97. The van der Waals surface area contributed by atoms with Gasteiger partial charge >= 0.3 is 0 Å². The third-order valence-corrected chi connectivity index (χ3v) is 5.99. The van der Waals surface area contributed by atoms with Crippen LogP contribution in [0.3, 0.4) is 0 Å². The van der Waals surface area contributed by atoms with Crippen LogP contribution in [0.2, 0.25) is 0 Å². The van der Waals surface area contributed by atoms with E-state index in [4.69, 9.17) is 4.42 Å². The molecule has 1 aromatic heterocycles. The molecule has 1 atom stereocenters. The molecule has 6 nitrogen and oxygen atoms in total. The van der Waals surface area contributed by atoms with Crippen molar-refractivity contribution in [2.45, 2.75) is 44.0 Å². The molecule has 0 aliphatic carbocycles. The Labute approximate surface area is 149 Å². The molecule has 0 radical (unpaired) electrons. The minimum atomic E-state index is -4.05. The Morgan fingerprint density at radius 2 is 1.92 bits per heavy atom. The molecule has 1 heterocycles. The highest BCUT2D eigenvalue weighted by molar-refractivity contribution is 9.10. The zero-order chi connectivity index (χ0) is 18.3. The minimum Gasteiger partial charge on any atom is -0.423 e. The Morgan fingerprint density at radius 3 is 2.42 bits per heavy atom. The van der Waals surface area contributed by atoms with Gasteiger partial charge in [-0.05, 0) is 25.1 Å². The van der Waals surface area contributed by atoms with Gasteiger partial charge in [0.25, 0.3) is 0 Å². The summed E-state index contributed by atoms with van der Waals surface area (Å²) in [6.07, 6.45) is 0. The minimum absolute atomic E-state index is 0.156. The molecule has 0 N–H and O–H groups in total. The highest BCUT2D eigenvalue weighted by atomic mass is 79.9. The van der Waals surface area contributed by atoms with Crippen molar-refractivity contribution in [1.29, 1.82) is 0 Å². The Bertz CT molecular complexity index is 846. The second kappa shape index (κ2) is 6.53. The fourth-order valence-corrected chi connectivity index (χ4v) is 3.60. The fraction of sp³-hybridized carbons (Fsp3) is 0.467. The standard InChI is InChI=1S/C15H19BrFN3O3S/c1-9(13-18-19-14(23-13)15(2,3)4)20(5)24(21,22)12-7-6-10(16)8-11(12)17/h6-9H,1-5H3. The first-order valence-electron chi connectivity index (χ1n) is 7.21. The first-order valence-corrected chi connectivity index (χ1v) is 9.45. The predicted molar refractivity (Wildman–Crippen MR) is 90.5 cm³/mol. The van der Waals surface area contributed by atoms with Crippen LogP contribution in [0.15, 0.2) is 32.0 Å². The lowest BCUT2D eigenvalue weighted by molar-refractivity contribution is 0.301. The molecule has 0 amide bonds. The van der Waals surface area contributed by atoms with Gasteiger partial charge in [-0.15, -0.1) is 10.2 Å². The largest absolute Gasteiger partial charge is 0.423 e. The second-order valence-electron chi connectivity index (χ2n) is 6.47. The molecule has 0 fully saturated rings. The molecule has 9 heteroatoms. The van der Waals surface area contributed by atoms with Crippen molar-refractivity contribution in [3.8, 4) is 0 Å². The van der Waals surface area contributed by atoms with Crippen molar-refractivity contribution in [2.24, 2.45) is 0 Å². The van der Waals surface area contributed by atoms with Crippen LogP contribution in [-0.2, 0) is 15.4 Å². The van der Waals surface area contributed by atoms with E-state index in [1.165, 1.54) is 19.2 Å². The van der Waals surface area contributed by atoms with Crippen molar-refractivity contribution >= 4 is 26.0 Å². The fourth-order valence-electron chi connectivity index (χ4n) is 1.91. The maximum atomic E-state index is 14.0. The predicted octanol–water partition coefficient (Wildman–Crippen LogP) is 3.65. The Balaban J connectivity index is 2.35. The van der Waals surface area contributed by atoms with Crippen molar-refractivity contribution in [3.63, 3.8) is 0 Å². The number of hydrogen-bond acceptors (Lipinski definition) is 5. The van der Waals surface area contributed by atoms with Gasteiger partial charge in [-0.3, -0.25) is 0 Å². The molecular formula is C15H19BrFN3O3S. The SMILES string of the molecule is CC(c1nnc(C(C)(C)C)o1)N(C)S(=O)(=O)c1ccc(Br)cc1F. The van der Waals surface area contributed by atoms with Crippen LogP contribution in [0.4, 0.5) is 4.39 Å². The molecule has 0 saturated heterocycles. The van der Waals surface area contributed by atoms with E-state index < -0.39 is 26.8 Å². The van der Waals surface area contributed by atoms with Crippen LogP contribution < -0.4 is 0 Å². The van der Waals surface area contributed by atoms with E-state index in [-0.39, 0.29) is 11.3 Å². The van der Waals surface area contributed by atoms with E-state index in [2.05, 4.69) is 26.1 Å². The Kier molecular flexibility index (Phi) is 5.17. The number of nitrogens with zero attached hydrogens (tertiary/aromatic N) is 3. The average molecular weight is 420 g/mol. The Morgan fingerprint density at radius 1 is 1.29 bits per heavy atom. The summed E-state index contributed by atoms with van der Waals surface area (Å²) in [5.74, 6) is -0.266.